The Balaban J connectivity index is 3.04. The first-order valence-corrected chi connectivity index (χ1v) is 5.30. The smallest absolute Gasteiger partial charge is 0.491 e. The molecule has 0 aromatic heterocycles. The summed E-state index contributed by atoms with van der Waals surface area (Å²) in [5, 5.41) is 1.39. The molecular weight excluding hydrogens is 324 g/mol. The molecule has 0 spiro atoms. The highest BCUT2D eigenvalue weighted by Crippen LogP contribution is 2.32. The third-order valence-electron chi connectivity index (χ3n) is 2.11. The van der Waals surface area contributed by atoms with E-state index < -0.39 is 35.7 Å². The second-order valence-corrected chi connectivity index (χ2v) is 3.70. The molecule has 5 nitrogen and oxygen atoms in total. The van der Waals surface area contributed by atoms with E-state index in [-0.39, 0.29) is 5.75 Å². The van der Waals surface area contributed by atoms with Gasteiger partial charge in [0.1, 0.15) is 0 Å². The van der Waals surface area contributed by atoms with Gasteiger partial charge in [0, 0.05) is 11.8 Å². The molecule has 0 bridgehead atoms. The molecule has 0 fully saturated rings. The molecule has 0 saturated heterocycles. The zero-order valence-electron chi connectivity index (χ0n) is 10.6. The van der Waals surface area contributed by atoms with Gasteiger partial charge >= 0.3 is 24.2 Å². The van der Waals surface area contributed by atoms with E-state index in [1.165, 1.54) is 5.32 Å². The van der Waals surface area contributed by atoms with Crippen molar-refractivity contribution >= 4 is 17.6 Å². The summed E-state index contributed by atoms with van der Waals surface area (Å²) < 4.78 is 81.1. The van der Waals surface area contributed by atoms with Crippen LogP contribution in [0.15, 0.2) is 18.2 Å². The molecule has 0 saturated carbocycles. The topological polar surface area (TPSA) is 64.6 Å². The summed E-state index contributed by atoms with van der Waals surface area (Å²) in [6.45, 7) is 0. The summed E-state index contributed by atoms with van der Waals surface area (Å²) in [5.74, 6) is -6.08. The number of alkyl halides is 6. The van der Waals surface area contributed by atoms with Crippen molar-refractivity contribution < 1.29 is 45.4 Å². The second kappa shape index (κ2) is 6.12. The molecule has 1 aromatic carbocycles. The van der Waals surface area contributed by atoms with Crippen LogP contribution in [0.5, 0.6) is 11.5 Å². The third kappa shape index (κ3) is 4.53. The van der Waals surface area contributed by atoms with Crippen LogP contribution in [0, 0.1) is 0 Å². The number of carbonyl (C=O) groups excluding carboxylic acids is 2. The first-order chi connectivity index (χ1) is 9.95. The highest BCUT2D eigenvalue weighted by atomic mass is 19.4. The summed E-state index contributed by atoms with van der Waals surface area (Å²) >= 11 is 0. The number of esters is 1. The zero-order valence-corrected chi connectivity index (χ0v) is 10.6. The van der Waals surface area contributed by atoms with Crippen LogP contribution < -0.4 is 14.8 Å². The maximum Gasteiger partial charge on any atom is 0.491 e. The average molecular weight is 331 g/mol. The number of amides is 1. The minimum atomic E-state index is -5.31. The van der Waals surface area contributed by atoms with Gasteiger partial charge in [0.15, 0.2) is 11.5 Å². The van der Waals surface area contributed by atoms with Crippen molar-refractivity contribution in [2.24, 2.45) is 0 Å². The zero-order chi connectivity index (χ0) is 17.1. The summed E-state index contributed by atoms with van der Waals surface area (Å²) in [6.07, 6.45) is -10.5. The van der Waals surface area contributed by atoms with Crippen LogP contribution in [-0.4, -0.2) is 31.3 Å². The summed E-state index contributed by atoms with van der Waals surface area (Å²) in [4.78, 5) is 21.5. The van der Waals surface area contributed by atoms with Gasteiger partial charge in [0.25, 0.3) is 0 Å². The Labute approximate surface area is 118 Å². The van der Waals surface area contributed by atoms with E-state index in [4.69, 9.17) is 0 Å². The summed E-state index contributed by atoms with van der Waals surface area (Å²) in [6, 6.07) is 2.44. The second-order valence-electron chi connectivity index (χ2n) is 3.70. The molecule has 1 aromatic rings. The van der Waals surface area contributed by atoms with Crippen molar-refractivity contribution in [1.82, 2.24) is 0 Å². The lowest BCUT2D eigenvalue weighted by atomic mass is 10.2. The van der Waals surface area contributed by atoms with E-state index in [1.807, 2.05) is 0 Å². The fourth-order valence-electron chi connectivity index (χ4n) is 1.19. The fourth-order valence-corrected chi connectivity index (χ4v) is 1.19. The number of carbonyl (C=O) groups is 2. The Hall–Kier alpha value is -2.46. The van der Waals surface area contributed by atoms with Crippen LogP contribution >= 0.6 is 0 Å². The van der Waals surface area contributed by atoms with E-state index in [1.54, 1.807) is 0 Å². The van der Waals surface area contributed by atoms with Crippen molar-refractivity contribution in [2.45, 2.75) is 12.4 Å². The monoisotopic (exact) mass is 331 g/mol. The van der Waals surface area contributed by atoms with Crippen molar-refractivity contribution in [2.75, 3.05) is 12.4 Å². The molecule has 1 N–H and O–H groups in total. The molecule has 22 heavy (non-hydrogen) atoms. The van der Waals surface area contributed by atoms with Gasteiger partial charge in [0.05, 0.1) is 7.11 Å². The lowest BCUT2D eigenvalue weighted by Gasteiger charge is -2.13. The molecule has 0 aliphatic carbocycles. The number of methoxy groups -OCH3 is 1. The van der Waals surface area contributed by atoms with E-state index in [2.05, 4.69) is 9.47 Å². The van der Waals surface area contributed by atoms with E-state index in [0.29, 0.717) is 6.07 Å². The Bertz CT molecular complexity index is 581. The molecular formula is C11H7F6NO4. The van der Waals surface area contributed by atoms with Crippen molar-refractivity contribution in [3.8, 4) is 11.5 Å². The van der Waals surface area contributed by atoms with Gasteiger partial charge in [-0.05, 0) is 12.1 Å². The quantitative estimate of drug-likeness (QED) is 0.525. The molecule has 0 aliphatic rings. The molecule has 11 heteroatoms. The summed E-state index contributed by atoms with van der Waals surface area (Å²) in [7, 11) is 1.04. The standard InChI is InChI=1S/C11H7F6NO4/c1-21-6-3-2-5(18-8(19)10(12,13)14)4-7(6)22-9(20)11(15,16)17/h2-4H,1H3,(H,18,19). The normalized spacial score (nSPS) is 11.8. The van der Waals surface area contributed by atoms with Crippen LogP contribution in [-0.2, 0) is 9.59 Å². The Kier molecular flexibility index (Phi) is 4.89. The maximum atomic E-state index is 12.1. The van der Waals surface area contributed by atoms with E-state index >= 15 is 0 Å². The van der Waals surface area contributed by atoms with E-state index in [0.717, 1.165) is 19.2 Å². The highest BCUT2D eigenvalue weighted by Gasteiger charge is 2.42. The molecule has 0 aliphatic heterocycles. The van der Waals surface area contributed by atoms with Gasteiger partial charge in [0.2, 0.25) is 0 Å². The number of hydrogen-bond donors (Lipinski definition) is 1. The summed E-state index contributed by atoms with van der Waals surface area (Å²) in [5.41, 5.74) is -0.534. The number of rotatable bonds is 3. The number of halogens is 6. The number of anilines is 1. The third-order valence-corrected chi connectivity index (χ3v) is 2.11. The SMILES string of the molecule is COc1ccc(NC(=O)C(F)(F)F)cc1OC(=O)C(F)(F)F. The minimum Gasteiger partial charge on any atom is -0.493 e. The maximum absolute atomic E-state index is 12.1. The van der Waals surface area contributed by atoms with Crippen LogP contribution in [0.25, 0.3) is 0 Å². The number of ether oxygens (including phenoxy) is 2. The van der Waals surface area contributed by atoms with Gasteiger partial charge in [-0.1, -0.05) is 0 Å². The average Bonchev–Trinajstić information content (AvgIpc) is 2.36. The van der Waals surface area contributed by atoms with Crippen molar-refractivity contribution in [1.29, 1.82) is 0 Å². The fraction of sp³-hybridized carbons (Fsp3) is 0.273. The molecule has 0 heterocycles. The van der Waals surface area contributed by atoms with Crippen molar-refractivity contribution in [3.05, 3.63) is 18.2 Å². The van der Waals surface area contributed by atoms with Gasteiger partial charge in [-0.25, -0.2) is 4.79 Å². The predicted molar refractivity (Wildman–Crippen MR) is 59.4 cm³/mol. The van der Waals surface area contributed by atoms with E-state index in [9.17, 15) is 35.9 Å². The molecule has 1 rings (SSSR count). The van der Waals surface area contributed by atoms with Crippen molar-refractivity contribution in [3.63, 3.8) is 0 Å². The lowest BCUT2D eigenvalue weighted by molar-refractivity contribution is -0.189. The van der Waals surface area contributed by atoms with Gasteiger partial charge < -0.3 is 14.8 Å². The molecule has 0 unspecified atom stereocenters. The largest absolute Gasteiger partial charge is 0.493 e. The van der Waals surface area contributed by atoms with Crippen LogP contribution in [0.1, 0.15) is 0 Å². The Morgan fingerprint density at radius 3 is 2.05 bits per heavy atom. The minimum absolute atomic E-state index is 0.345. The highest BCUT2D eigenvalue weighted by molar-refractivity contribution is 5.95. The predicted octanol–water partition coefficient (Wildman–Crippen LogP) is 2.66. The number of nitrogens with one attached hydrogen (secondary N) is 1. The molecule has 0 radical (unpaired) electrons. The first-order valence-electron chi connectivity index (χ1n) is 5.30. The van der Waals surface area contributed by atoms with Gasteiger partial charge in [-0.15, -0.1) is 0 Å². The number of hydrogen-bond acceptors (Lipinski definition) is 4. The number of benzene rings is 1. The van der Waals surface area contributed by atoms with Crippen LogP contribution in [0.2, 0.25) is 0 Å². The molecule has 1 amide bonds. The van der Waals surface area contributed by atoms with Gasteiger partial charge in [-0.3, -0.25) is 4.79 Å². The lowest BCUT2D eigenvalue weighted by Crippen LogP contribution is -2.30. The van der Waals surface area contributed by atoms with Crippen LogP contribution in [0.3, 0.4) is 0 Å². The Morgan fingerprint density at radius 2 is 1.59 bits per heavy atom. The van der Waals surface area contributed by atoms with Crippen LogP contribution in [0.4, 0.5) is 32.0 Å². The molecule has 0 atom stereocenters. The molecule has 122 valence electrons. The Morgan fingerprint density at radius 1 is 1.00 bits per heavy atom. The first kappa shape index (κ1) is 17.6. The van der Waals surface area contributed by atoms with Gasteiger partial charge in [-0.2, -0.15) is 26.3 Å².